The Morgan fingerprint density at radius 1 is 1.22 bits per heavy atom. The van der Waals surface area contributed by atoms with Gasteiger partial charge in [0.2, 0.25) is 0 Å². The molecule has 1 aliphatic heterocycles. The van der Waals surface area contributed by atoms with Gasteiger partial charge < -0.3 is 9.64 Å². The Balaban J connectivity index is 1.85. The highest BCUT2D eigenvalue weighted by Gasteiger charge is 2.30. The molecule has 1 aliphatic rings. The van der Waals surface area contributed by atoms with E-state index in [1.165, 1.54) is 4.31 Å². The summed E-state index contributed by atoms with van der Waals surface area (Å²) in [7, 11) is 0.434. The van der Waals surface area contributed by atoms with Crippen LogP contribution < -0.4 is 9.04 Å². The molecule has 0 N–H and O–H groups in total. The summed E-state index contributed by atoms with van der Waals surface area (Å²) in [5.41, 5.74) is 0.691. The number of nitrogens with zero attached hydrogens (tertiary/aromatic N) is 2. The van der Waals surface area contributed by atoms with Gasteiger partial charge in [-0.2, -0.15) is 0 Å². The van der Waals surface area contributed by atoms with E-state index < -0.39 is 10.0 Å². The number of thioether (sulfide) groups is 1. The zero-order chi connectivity index (χ0) is 19.4. The van der Waals surface area contributed by atoms with Crippen LogP contribution in [0.25, 0.3) is 0 Å². The van der Waals surface area contributed by atoms with Gasteiger partial charge in [0.1, 0.15) is 5.75 Å². The number of hydrogen-bond acceptors (Lipinski definition) is 5. The van der Waals surface area contributed by atoms with E-state index in [0.29, 0.717) is 24.6 Å². The molecular weight excluding hydrogens is 448 g/mol. The number of anilines is 1. The van der Waals surface area contributed by atoms with Crippen molar-refractivity contribution in [3.8, 4) is 5.75 Å². The molecule has 0 saturated carbocycles. The molecule has 0 radical (unpaired) electrons. The maximum absolute atomic E-state index is 13.2. The largest absolute Gasteiger partial charge is 0.493 e. The van der Waals surface area contributed by atoms with Crippen LogP contribution in [0, 0.1) is 0 Å². The van der Waals surface area contributed by atoms with Gasteiger partial charge in [-0.3, -0.25) is 4.31 Å². The molecule has 3 rings (SSSR count). The SMILES string of the molecule is CN(C)CCCOc1ccc2c(c1)N(S(=O)(=O)c1cccc(Br)c1)CCS2. The Kier molecular flexibility index (Phi) is 6.73. The minimum Gasteiger partial charge on any atom is -0.493 e. The van der Waals surface area contributed by atoms with Gasteiger partial charge in [0.15, 0.2) is 0 Å². The number of ether oxygens (including phenoxy) is 1. The van der Waals surface area contributed by atoms with E-state index in [-0.39, 0.29) is 4.90 Å². The summed E-state index contributed by atoms with van der Waals surface area (Å²) in [5.74, 6) is 1.42. The second-order valence-electron chi connectivity index (χ2n) is 6.52. The minimum absolute atomic E-state index is 0.284. The van der Waals surface area contributed by atoms with Crippen molar-refractivity contribution >= 4 is 43.4 Å². The van der Waals surface area contributed by atoms with Crippen LogP contribution in [-0.2, 0) is 10.0 Å². The van der Waals surface area contributed by atoms with E-state index >= 15 is 0 Å². The third-order valence-electron chi connectivity index (χ3n) is 4.15. The molecule has 0 spiro atoms. The van der Waals surface area contributed by atoms with Crippen LogP contribution in [0.3, 0.4) is 0 Å². The summed E-state index contributed by atoms with van der Waals surface area (Å²) < 4.78 is 34.5. The summed E-state index contributed by atoms with van der Waals surface area (Å²) in [6, 6.07) is 12.5. The number of hydrogen-bond donors (Lipinski definition) is 0. The fraction of sp³-hybridized carbons (Fsp3) is 0.368. The predicted octanol–water partition coefficient (Wildman–Crippen LogP) is 4.08. The lowest BCUT2D eigenvalue weighted by Gasteiger charge is -2.30. The smallest absolute Gasteiger partial charge is 0.264 e. The van der Waals surface area contributed by atoms with Crippen molar-refractivity contribution < 1.29 is 13.2 Å². The van der Waals surface area contributed by atoms with Crippen LogP contribution in [0.4, 0.5) is 5.69 Å². The number of rotatable bonds is 7. The fourth-order valence-corrected chi connectivity index (χ4v) is 6.06. The molecule has 0 bridgehead atoms. The second kappa shape index (κ2) is 8.86. The van der Waals surface area contributed by atoms with Crippen LogP contribution in [0.2, 0.25) is 0 Å². The molecule has 5 nitrogen and oxygen atoms in total. The Morgan fingerprint density at radius 2 is 2.04 bits per heavy atom. The molecule has 0 unspecified atom stereocenters. The van der Waals surface area contributed by atoms with Crippen molar-refractivity contribution in [3.63, 3.8) is 0 Å². The molecular formula is C19H23BrN2O3S2. The first-order valence-corrected chi connectivity index (χ1v) is 11.9. The zero-order valence-electron chi connectivity index (χ0n) is 15.4. The van der Waals surface area contributed by atoms with Crippen molar-refractivity contribution in [1.29, 1.82) is 0 Å². The third-order valence-corrected chi connectivity index (χ3v) is 7.50. The molecule has 0 fully saturated rings. The summed E-state index contributed by atoms with van der Waals surface area (Å²) in [6.45, 7) is 1.99. The summed E-state index contributed by atoms with van der Waals surface area (Å²) in [5, 5.41) is 0. The first-order chi connectivity index (χ1) is 12.9. The van der Waals surface area contributed by atoms with Crippen LogP contribution in [-0.4, -0.2) is 52.9 Å². The molecule has 0 saturated heterocycles. The first kappa shape index (κ1) is 20.5. The Labute approximate surface area is 173 Å². The zero-order valence-corrected chi connectivity index (χ0v) is 18.6. The van der Waals surface area contributed by atoms with Gasteiger partial charge in [0.25, 0.3) is 10.0 Å². The first-order valence-electron chi connectivity index (χ1n) is 8.70. The highest BCUT2D eigenvalue weighted by Crippen LogP contribution is 2.40. The minimum atomic E-state index is -3.62. The van der Waals surface area contributed by atoms with Gasteiger partial charge in [-0.05, 0) is 50.8 Å². The van der Waals surface area contributed by atoms with Crippen molar-refractivity contribution in [3.05, 3.63) is 46.9 Å². The number of fused-ring (bicyclic) bond motifs is 1. The molecule has 0 aliphatic carbocycles. The van der Waals surface area contributed by atoms with Gasteiger partial charge in [0.05, 0.1) is 17.2 Å². The van der Waals surface area contributed by atoms with Crippen molar-refractivity contribution in [1.82, 2.24) is 4.90 Å². The molecule has 1 heterocycles. The van der Waals surface area contributed by atoms with Crippen LogP contribution in [0.5, 0.6) is 5.75 Å². The Morgan fingerprint density at radius 3 is 2.78 bits per heavy atom. The third kappa shape index (κ3) is 4.99. The van der Waals surface area contributed by atoms with Gasteiger partial charge >= 0.3 is 0 Å². The fourth-order valence-electron chi connectivity index (χ4n) is 2.84. The van der Waals surface area contributed by atoms with Gasteiger partial charge in [0, 0.05) is 34.3 Å². The average molecular weight is 471 g/mol. The Hall–Kier alpha value is -1.22. The summed E-state index contributed by atoms with van der Waals surface area (Å²) >= 11 is 5.03. The molecule has 146 valence electrons. The standard InChI is InChI=1S/C19H23BrN2O3S2/c1-21(2)9-4-11-25-16-7-8-19-18(14-16)22(10-12-26-19)27(23,24)17-6-3-5-15(20)13-17/h3,5-8,13-14H,4,9-12H2,1-2H3. The number of benzene rings is 2. The molecule has 2 aromatic carbocycles. The van der Waals surface area contributed by atoms with Crippen LogP contribution in [0.15, 0.2) is 56.7 Å². The van der Waals surface area contributed by atoms with Gasteiger partial charge in [-0.1, -0.05) is 22.0 Å². The maximum Gasteiger partial charge on any atom is 0.264 e. The lowest BCUT2D eigenvalue weighted by molar-refractivity contribution is 0.281. The van der Waals surface area contributed by atoms with Crippen LogP contribution >= 0.6 is 27.7 Å². The maximum atomic E-state index is 13.2. The van der Waals surface area contributed by atoms with E-state index in [1.807, 2.05) is 38.4 Å². The monoisotopic (exact) mass is 470 g/mol. The number of sulfonamides is 1. The van der Waals surface area contributed by atoms with Gasteiger partial charge in [-0.25, -0.2) is 8.42 Å². The topological polar surface area (TPSA) is 49.9 Å². The lowest BCUT2D eigenvalue weighted by atomic mass is 10.3. The van der Waals surface area contributed by atoms with Crippen molar-refractivity contribution in [2.75, 3.05) is 43.8 Å². The molecule has 2 aromatic rings. The quantitative estimate of drug-likeness (QED) is 0.570. The molecule has 0 amide bonds. The van der Waals surface area contributed by atoms with Crippen LogP contribution in [0.1, 0.15) is 6.42 Å². The van der Waals surface area contributed by atoms with E-state index in [0.717, 1.165) is 28.1 Å². The second-order valence-corrected chi connectivity index (χ2v) is 10.4. The van der Waals surface area contributed by atoms with E-state index in [4.69, 9.17) is 4.74 Å². The normalized spacial score (nSPS) is 14.3. The van der Waals surface area contributed by atoms with Crippen molar-refractivity contribution in [2.24, 2.45) is 0 Å². The number of halogens is 1. The summed E-state index contributed by atoms with van der Waals surface area (Å²) in [6.07, 6.45) is 0.916. The van der Waals surface area contributed by atoms with E-state index in [2.05, 4.69) is 20.8 Å². The van der Waals surface area contributed by atoms with E-state index in [9.17, 15) is 8.42 Å². The molecule has 27 heavy (non-hydrogen) atoms. The van der Waals surface area contributed by atoms with E-state index in [1.54, 1.807) is 30.0 Å². The molecule has 8 heteroatoms. The molecule has 0 aromatic heterocycles. The highest BCUT2D eigenvalue weighted by atomic mass is 79.9. The van der Waals surface area contributed by atoms with Gasteiger partial charge in [-0.15, -0.1) is 11.8 Å². The average Bonchev–Trinajstić information content (AvgIpc) is 2.64. The highest BCUT2D eigenvalue weighted by molar-refractivity contribution is 9.10. The summed E-state index contributed by atoms with van der Waals surface area (Å²) in [4.78, 5) is 3.35. The lowest BCUT2D eigenvalue weighted by Crippen LogP contribution is -2.35. The molecule has 0 atom stereocenters. The predicted molar refractivity (Wildman–Crippen MR) is 115 cm³/mol. The van der Waals surface area contributed by atoms with Crippen molar-refractivity contribution in [2.45, 2.75) is 16.2 Å². The Bertz CT molecular complexity index is 904.